The van der Waals surface area contributed by atoms with Crippen molar-refractivity contribution < 1.29 is 9.90 Å². The van der Waals surface area contributed by atoms with Crippen LogP contribution in [0.15, 0.2) is 24.3 Å². The molecule has 0 spiro atoms. The molecule has 2 nitrogen and oxygen atoms in total. The Kier molecular flexibility index (Phi) is 3.69. The van der Waals surface area contributed by atoms with Gasteiger partial charge in [-0.1, -0.05) is 13.8 Å². The fourth-order valence-electron chi connectivity index (χ4n) is 1.52. The molecule has 1 rings (SSSR count). The second-order valence-electron chi connectivity index (χ2n) is 3.42. The van der Waals surface area contributed by atoms with Gasteiger partial charge >= 0.3 is 0 Å². The summed E-state index contributed by atoms with van der Waals surface area (Å²) in [6, 6.07) is 6.46. The highest BCUT2D eigenvalue weighted by Gasteiger charge is 2.15. The van der Waals surface area contributed by atoms with Crippen molar-refractivity contribution in [2.24, 2.45) is 5.92 Å². The molecule has 14 heavy (non-hydrogen) atoms. The van der Waals surface area contributed by atoms with Crippen molar-refractivity contribution in [2.45, 2.75) is 26.7 Å². The van der Waals surface area contributed by atoms with E-state index in [4.69, 9.17) is 5.11 Å². The molecule has 0 saturated carbocycles. The van der Waals surface area contributed by atoms with Crippen molar-refractivity contribution in [3.8, 4) is 5.75 Å². The number of hydrogen-bond donors (Lipinski definition) is 1. The maximum Gasteiger partial charge on any atom is 0.165 e. The minimum Gasteiger partial charge on any atom is -0.508 e. The normalized spacial score (nSPS) is 10.5. The number of hydrogen-bond acceptors (Lipinski definition) is 2. The number of phenolic OH excluding ortho intramolecular Hbond substituents is 1. The predicted octanol–water partition coefficient (Wildman–Crippen LogP) is 3.01. The highest BCUT2D eigenvalue weighted by molar-refractivity contribution is 5.97. The van der Waals surface area contributed by atoms with Crippen LogP contribution in [-0.4, -0.2) is 10.9 Å². The van der Waals surface area contributed by atoms with Crippen molar-refractivity contribution in [1.29, 1.82) is 0 Å². The molecule has 0 amide bonds. The SMILES string of the molecule is CCC(CC)C(=O)c1ccc(O)cc1. The maximum atomic E-state index is 11.8. The molecule has 1 aromatic carbocycles. The Morgan fingerprint density at radius 2 is 1.71 bits per heavy atom. The van der Waals surface area contributed by atoms with E-state index in [2.05, 4.69) is 0 Å². The van der Waals surface area contributed by atoms with Crippen LogP contribution < -0.4 is 0 Å². The number of Topliss-reactive ketones (excluding diaryl/α,β-unsaturated/α-hetero) is 1. The van der Waals surface area contributed by atoms with Crippen LogP contribution in [0.3, 0.4) is 0 Å². The first-order chi connectivity index (χ1) is 6.69. The molecule has 0 aliphatic carbocycles. The molecule has 0 aliphatic rings. The third-order valence-corrected chi connectivity index (χ3v) is 2.51. The third kappa shape index (κ3) is 2.34. The zero-order valence-corrected chi connectivity index (χ0v) is 8.66. The number of carbonyl (C=O) groups is 1. The van der Waals surface area contributed by atoms with Gasteiger partial charge in [0.25, 0.3) is 0 Å². The molecule has 0 aromatic heterocycles. The van der Waals surface area contributed by atoms with E-state index in [0.29, 0.717) is 5.56 Å². The molecule has 0 saturated heterocycles. The predicted molar refractivity (Wildman–Crippen MR) is 56.5 cm³/mol. The van der Waals surface area contributed by atoms with Crippen LogP contribution in [0.2, 0.25) is 0 Å². The first kappa shape index (κ1) is 10.8. The van der Waals surface area contributed by atoms with Gasteiger partial charge in [0, 0.05) is 11.5 Å². The zero-order chi connectivity index (χ0) is 10.6. The largest absolute Gasteiger partial charge is 0.508 e. The molecular weight excluding hydrogens is 176 g/mol. The summed E-state index contributed by atoms with van der Waals surface area (Å²) in [5, 5.41) is 9.08. The lowest BCUT2D eigenvalue weighted by molar-refractivity contribution is 0.0913. The lowest BCUT2D eigenvalue weighted by atomic mass is 9.93. The molecule has 0 aliphatic heterocycles. The number of aromatic hydroxyl groups is 1. The van der Waals surface area contributed by atoms with Crippen LogP contribution in [0.5, 0.6) is 5.75 Å². The van der Waals surface area contributed by atoms with Crippen LogP contribution in [0.4, 0.5) is 0 Å². The van der Waals surface area contributed by atoms with Gasteiger partial charge in [0.15, 0.2) is 5.78 Å². The lowest BCUT2D eigenvalue weighted by Crippen LogP contribution is -2.12. The summed E-state index contributed by atoms with van der Waals surface area (Å²) in [7, 11) is 0. The Hall–Kier alpha value is -1.31. The van der Waals surface area contributed by atoms with Gasteiger partial charge in [-0.2, -0.15) is 0 Å². The van der Waals surface area contributed by atoms with Crippen molar-refractivity contribution in [1.82, 2.24) is 0 Å². The second-order valence-corrected chi connectivity index (χ2v) is 3.42. The van der Waals surface area contributed by atoms with Gasteiger partial charge in [-0.15, -0.1) is 0 Å². The molecule has 2 heteroatoms. The smallest absolute Gasteiger partial charge is 0.165 e. The maximum absolute atomic E-state index is 11.8. The molecule has 1 N–H and O–H groups in total. The van der Waals surface area contributed by atoms with Crippen LogP contribution in [0.25, 0.3) is 0 Å². The third-order valence-electron chi connectivity index (χ3n) is 2.51. The molecule has 0 heterocycles. The summed E-state index contributed by atoms with van der Waals surface area (Å²) >= 11 is 0. The number of rotatable bonds is 4. The summed E-state index contributed by atoms with van der Waals surface area (Å²) in [6.07, 6.45) is 1.74. The van der Waals surface area contributed by atoms with Crippen molar-refractivity contribution in [3.63, 3.8) is 0 Å². The summed E-state index contributed by atoms with van der Waals surface area (Å²) in [6.45, 7) is 4.04. The zero-order valence-electron chi connectivity index (χ0n) is 8.66. The lowest BCUT2D eigenvalue weighted by Gasteiger charge is -2.10. The van der Waals surface area contributed by atoms with Gasteiger partial charge < -0.3 is 5.11 Å². The van der Waals surface area contributed by atoms with Crippen LogP contribution in [-0.2, 0) is 0 Å². The minimum atomic E-state index is 0.111. The van der Waals surface area contributed by atoms with Gasteiger partial charge in [0.05, 0.1) is 0 Å². The van der Waals surface area contributed by atoms with Crippen molar-refractivity contribution >= 4 is 5.78 Å². The van der Waals surface area contributed by atoms with Crippen molar-refractivity contribution in [2.75, 3.05) is 0 Å². The molecule has 76 valence electrons. The van der Waals surface area contributed by atoms with Crippen LogP contribution in [0.1, 0.15) is 37.0 Å². The molecule has 0 radical (unpaired) electrons. The molecule has 0 unspecified atom stereocenters. The van der Waals surface area contributed by atoms with E-state index in [0.717, 1.165) is 12.8 Å². The first-order valence-electron chi connectivity index (χ1n) is 5.02. The summed E-state index contributed by atoms with van der Waals surface area (Å²) < 4.78 is 0. The fourth-order valence-corrected chi connectivity index (χ4v) is 1.52. The van der Waals surface area contributed by atoms with E-state index in [1.165, 1.54) is 0 Å². The molecular formula is C12H16O2. The van der Waals surface area contributed by atoms with Gasteiger partial charge in [-0.25, -0.2) is 0 Å². The van der Waals surface area contributed by atoms with Gasteiger partial charge in [0.2, 0.25) is 0 Å². The summed E-state index contributed by atoms with van der Waals surface area (Å²) in [4.78, 5) is 11.8. The Balaban J connectivity index is 2.83. The number of benzene rings is 1. The average molecular weight is 192 g/mol. The monoisotopic (exact) mass is 192 g/mol. The van der Waals surface area contributed by atoms with E-state index < -0.39 is 0 Å². The Bertz CT molecular complexity index is 297. The average Bonchev–Trinajstić information content (AvgIpc) is 2.20. The molecule has 1 aromatic rings. The Morgan fingerprint density at radius 1 is 1.21 bits per heavy atom. The quantitative estimate of drug-likeness (QED) is 0.744. The van der Waals surface area contributed by atoms with Gasteiger partial charge in [-0.05, 0) is 37.1 Å². The van der Waals surface area contributed by atoms with Crippen molar-refractivity contribution in [3.05, 3.63) is 29.8 Å². The van der Waals surface area contributed by atoms with Gasteiger partial charge in [-0.3, -0.25) is 4.79 Å². The van der Waals surface area contributed by atoms with E-state index >= 15 is 0 Å². The van der Waals surface area contributed by atoms with E-state index in [1.807, 2.05) is 13.8 Å². The second kappa shape index (κ2) is 4.80. The summed E-state index contributed by atoms with van der Waals surface area (Å²) in [5.74, 6) is 0.487. The number of ketones is 1. The summed E-state index contributed by atoms with van der Waals surface area (Å²) in [5.41, 5.74) is 0.691. The number of carbonyl (C=O) groups excluding carboxylic acids is 1. The standard InChI is InChI=1S/C12H16O2/c1-3-9(4-2)12(14)10-5-7-11(13)8-6-10/h5-9,13H,3-4H2,1-2H3. The van der Waals surface area contributed by atoms with E-state index in [1.54, 1.807) is 24.3 Å². The first-order valence-corrected chi connectivity index (χ1v) is 5.02. The van der Waals surface area contributed by atoms with Crippen LogP contribution >= 0.6 is 0 Å². The van der Waals surface area contributed by atoms with E-state index in [9.17, 15) is 4.79 Å². The van der Waals surface area contributed by atoms with E-state index in [-0.39, 0.29) is 17.5 Å². The molecule has 0 atom stereocenters. The highest BCUT2D eigenvalue weighted by atomic mass is 16.3. The topological polar surface area (TPSA) is 37.3 Å². The van der Waals surface area contributed by atoms with Crippen LogP contribution in [0, 0.1) is 5.92 Å². The Morgan fingerprint density at radius 3 is 2.14 bits per heavy atom. The Labute approximate surface area is 84.6 Å². The highest BCUT2D eigenvalue weighted by Crippen LogP contribution is 2.17. The van der Waals surface area contributed by atoms with Gasteiger partial charge in [0.1, 0.15) is 5.75 Å². The molecule has 0 fully saturated rings. The molecule has 0 bridgehead atoms. The number of phenols is 1. The minimum absolute atomic E-state index is 0.111. The fraction of sp³-hybridized carbons (Fsp3) is 0.417.